The third-order valence-corrected chi connectivity index (χ3v) is 3.35. The third-order valence-electron chi connectivity index (χ3n) is 1.78. The van der Waals surface area contributed by atoms with Crippen LogP contribution in [0, 0.1) is 0 Å². The first-order valence-electron chi connectivity index (χ1n) is 4.42. The van der Waals surface area contributed by atoms with Crippen molar-refractivity contribution in [1.82, 2.24) is 0 Å². The van der Waals surface area contributed by atoms with Gasteiger partial charge in [-0.2, -0.15) is 0 Å². The number of halogens is 1. The number of ether oxygens (including phenoxy) is 1. The third kappa shape index (κ3) is 3.88. The molecule has 0 saturated carbocycles. The van der Waals surface area contributed by atoms with Gasteiger partial charge in [-0.15, -0.1) is 0 Å². The smallest absolute Gasteiger partial charge is 0.235 e. The van der Waals surface area contributed by atoms with E-state index in [2.05, 4.69) is 9.46 Å². The molecule has 0 saturated heterocycles. The van der Waals surface area contributed by atoms with Gasteiger partial charge in [-0.1, -0.05) is 11.6 Å². The van der Waals surface area contributed by atoms with Gasteiger partial charge >= 0.3 is 0 Å². The van der Waals surface area contributed by atoms with Crippen LogP contribution in [0.5, 0.6) is 5.75 Å². The van der Waals surface area contributed by atoms with Gasteiger partial charge in [-0.3, -0.25) is 4.72 Å². The van der Waals surface area contributed by atoms with Gasteiger partial charge in [0.05, 0.1) is 23.1 Å². The molecule has 0 amide bonds. The fraction of sp³-hybridized carbons (Fsp3) is 0.333. The number of nitrogens with one attached hydrogen (secondary N) is 1. The van der Waals surface area contributed by atoms with Crippen LogP contribution in [0.1, 0.15) is 0 Å². The number of hydrogen-bond acceptors (Lipinski definition) is 4. The van der Waals surface area contributed by atoms with Crippen LogP contribution < -0.4 is 4.72 Å². The fourth-order valence-corrected chi connectivity index (χ4v) is 2.09. The van der Waals surface area contributed by atoms with Gasteiger partial charge in [-0.25, -0.2) is 8.42 Å². The average molecular weight is 266 g/mol. The highest BCUT2D eigenvalue weighted by Gasteiger charge is 2.10. The highest BCUT2D eigenvalue weighted by molar-refractivity contribution is 7.92. The SMILES string of the molecule is COCCS(=O)(=O)Nc1ccc(Cl)c(O)c1. The first kappa shape index (κ1) is 13.1. The van der Waals surface area contributed by atoms with E-state index in [0.29, 0.717) is 0 Å². The van der Waals surface area contributed by atoms with Crippen molar-refractivity contribution < 1.29 is 18.3 Å². The van der Waals surface area contributed by atoms with E-state index in [4.69, 9.17) is 11.6 Å². The van der Waals surface area contributed by atoms with Gasteiger partial charge in [0.1, 0.15) is 5.75 Å². The summed E-state index contributed by atoms with van der Waals surface area (Å²) in [5, 5.41) is 9.45. The average Bonchev–Trinajstić information content (AvgIpc) is 2.20. The Kier molecular flexibility index (Phi) is 4.40. The Hall–Kier alpha value is -0.980. The summed E-state index contributed by atoms with van der Waals surface area (Å²) in [5.41, 5.74) is 0.262. The normalized spacial score (nSPS) is 11.4. The minimum absolute atomic E-state index is 0.106. The van der Waals surface area contributed by atoms with Crippen molar-refractivity contribution in [3.63, 3.8) is 0 Å². The molecule has 0 radical (unpaired) electrons. The molecular weight excluding hydrogens is 254 g/mol. The van der Waals surface area contributed by atoms with E-state index in [9.17, 15) is 13.5 Å². The monoisotopic (exact) mass is 265 g/mol. The number of rotatable bonds is 5. The van der Waals surface area contributed by atoms with Crippen LogP contribution in [-0.4, -0.2) is 33.0 Å². The van der Waals surface area contributed by atoms with Crippen LogP contribution >= 0.6 is 11.6 Å². The predicted octanol–water partition coefficient (Wildman–Crippen LogP) is 1.43. The molecule has 0 aliphatic heterocycles. The Bertz CT molecular complexity index is 461. The molecule has 0 bridgehead atoms. The van der Waals surface area contributed by atoms with Crippen LogP contribution in [0.25, 0.3) is 0 Å². The molecule has 90 valence electrons. The number of sulfonamides is 1. The van der Waals surface area contributed by atoms with E-state index in [0.717, 1.165) is 0 Å². The first-order valence-corrected chi connectivity index (χ1v) is 6.45. The van der Waals surface area contributed by atoms with Crippen molar-refractivity contribution in [2.45, 2.75) is 0 Å². The summed E-state index contributed by atoms with van der Waals surface area (Å²) in [6.45, 7) is 0.106. The molecule has 0 spiro atoms. The highest BCUT2D eigenvalue weighted by atomic mass is 35.5. The second-order valence-corrected chi connectivity index (χ2v) is 5.33. The summed E-state index contributed by atoms with van der Waals surface area (Å²) in [6, 6.07) is 4.12. The van der Waals surface area contributed by atoms with E-state index < -0.39 is 10.0 Å². The molecule has 0 unspecified atom stereocenters. The summed E-state index contributed by atoms with van der Waals surface area (Å²) in [7, 11) is -2.04. The number of phenols is 1. The van der Waals surface area contributed by atoms with Crippen molar-refractivity contribution >= 4 is 27.3 Å². The van der Waals surface area contributed by atoms with Crippen molar-refractivity contribution in [1.29, 1.82) is 0 Å². The van der Waals surface area contributed by atoms with Crippen LogP contribution in [0.15, 0.2) is 18.2 Å². The molecule has 0 atom stereocenters. The quantitative estimate of drug-likeness (QED) is 0.845. The molecule has 5 nitrogen and oxygen atoms in total. The standard InChI is InChI=1S/C9H12ClNO4S/c1-15-4-5-16(13,14)11-7-2-3-8(10)9(12)6-7/h2-3,6,11-12H,4-5H2,1H3. The summed E-state index contributed by atoms with van der Waals surface area (Å²) >= 11 is 5.59. The predicted molar refractivity (Wildman–Crippen MR) is 62.4 cm³/mol. The lowest BCUT2D eigenvalue weighted by atomic mass is 10.3. The van der Waals surface area contributed by atoms with Gasteiger partial charge in [0.2, 0.25) is 10.0 Å². The van der Waals surface area contributed by atoms with Gasteiger partial charge in [0.25, 0.3) is 0 Å². The molecule has 7 heteroatoms. The lowest BCUT2D eigenvalue weighted by Crippen LogP contribution is -2.19. The number of anilines is 1. The molecule has 0 heterocycles. The molecule has 1 aromatic carbocycles. The zero-order valence-corrected chi connectivity index (χ0v) is 10.2. The Balaban J connectivity index is 2.76. The summed E-state index contributed by atoms with van der Waals surface area (Å²) < 4.78 is 29.9. The molecule has 0 aliphatic rings. The number of methoxy groups -OCH3 is 1. The van der Waals surface area contributed by atoms with E-state index in [1.165, 1.54) is 25.3 Å². The van der Waals surface area contributed by atoms with Gasteiger partial charge in [0.15, 0.2) is 0 Å². The van der Waals surface area contributed by atoms with Crippen molar-refractivity contribution in [2.24, 2.45) is 0 Å². The second kappa shape index (κ2) is 5.38. The van der Waals surface area contributed by atoms with Gasteiger partial charge < -0.3 is 9.84 Å². The fourth-order valence-electron chi connectivity index (χ4n) is 1.000. The number of hydrogen-bond donors (Lipinski definition) is 2. The lowest BCUT2D eigenvalue weighted by Gasteiger charge is -2.08. The van der Waals surface area contributed by atoms with Crippen LogP contribution in [-0.2, 0) is 14.8 Å². The zero-order valence-electron chi connectivity index (χ0n) is 8.60. The number of aromatic hydroxyl groups is 1. The maximum atomic E-state index is 11.4. The largest absolute Gasteiger partial charge is 0.506 e. The van der Waals surface area contributed by atoms with Crippen molar-refractivity contribution in [3.8, 4) is 5.75 Å². The summed E-state index contributed by atoms with van der Waals surface area (Å²) in [5.74, 6) is -0.319. The van der Waals surface area contributed by atoms with Crippen molar-refractivity contribution in [2.75, 3.05) is 24.2 Å². The summed E-state index contributed by atoms with van der Waals surface area (Å²) in [4.78, 5) is 0. The molecule has 0 aromatic heterocycles. The van der Waals surface area contributed by atoms with E-state index >= 15 is 0 Å². The summed E-state index contributed by atoms with van der Waals surface area (Å²) in [6.07, 6.45) is 0. The molecule has 16 heavy (non-hydrogen) atoms. The Morgan fingerprint density at radius 2 is 2.19 bits per heavy atom. The minimum atomic E-state index is -3.46. The van der Waals surface area contributed by atoms with Crippen LogP contribution in [0.4, 0.5) is 5.69 Å². The minimum Gasteiger partial charge on any atom is -0.506 e. The first-order chi connectivity index (χ1) is 7.44. The Morgan fingerprint density at radius 3 is 2.75 bits per heavy atom. The van der Waals surface area contributed by atoms with Gasteiger partial charge in [-0.05, 0) is 12.1 Å². The number of benzene rings is 1. The van der Waals surface area contributed by atoms with Crippen molar-refractivity contribution in [3.05, 3.63) is 23.2 Å². The highest BCUT2D eigenvalue weighted by Crippen LogP contribution is 2.26. The van der Waals surface area contributed by atoms with E-state index in [-0.39, 0.29) is 28.8 Å². The maximum absolute atomic E-state index is 11.4. The Labute approximate surface area is 99.0 Å². The van der Waals surface area contributed by atoms with Gasteiger partial charge in [0, 0.05) is 13.2 Å². The molecule has 1 aromatic rings. The lowest BCUT2D eigenvalue weighted by molar-refractivity contribution is 0.217. The molecule has 0 fully saturated rings. The molecular formula is C9H12ClNO4S. The second-order valence-electron chi connectivity index (χ2n) is 3.08. The Morgan fingerprint density at radius 1 is 1.50 bits per heavy atom. The van der Waals surface area contributed by atoms with E-state index in [1.54, 1.807) is 0 Å². The molecule has 2 N–H and O–H groups in total. The molecule has 0 aliphatic carbocycles. The van der Waals surface area contributed by atoms with Crippen LogP contribution in [0.3, 0.4) is 0 Å². The van der Waals surface area contributed by atoms with E-state index in [1.807, 2.05) is 0 Å². The molecule has 1 rings (SSSR count). The van der Waals surface area contributed by atoms with Crippen LogP contribution in [0.2, 0.25) is 5.02 Å². The maximum Gasteiger partial charge on any atom is 0.235 e. The topological polar surface area (TPSA) is 75.6 Å². The zero-order chi connectivity index (χ0) is 12.2. The number of phenolic OH excluding ortho intramolecular Hbond substituents is 1.